The van der Waals surface area contributed by atoms with Crippen LogP contribution in [-0.4, -0.2) is 64.9 Å². The number of likely N-dealkylation sites (N-methyl/N-ethyl adjacent to an activating group) is 1. The Balaban J connectivity index is 1.75. The number of methoxy groups -OCH3 is 1. The second kappa shape index (κ2) is 9.44. The van der Waals surface area contributed by atoms with Gasteiger partial charge in [-0.25, -0.2) is 9.97 Å². The Bertz CT molecular complexity index is 1200. The van der Waals surface area contributed by atoms with Crippen LogP contribution in [-0.2, 0) is 0 Å². The number of ether oxygens (including phenoxy) is 1. The molecule has 0 aliphatic heterocycles. The Kier molecular flexibility index (Phi) is 6.27. The number of hydrogen-bond acceptors (Lipinski definition) is 7. The lowest BCUT2D eigenvalue weighted by Gasteiger charge is -2.11. The molecule has 164 valence electrons. The molecule has 9 heteroatoms. The molecule has 0 bridgehead atoms. The van der Waals surface area contributed by atoms with Crippen molar-refractivity contribution in [3.05, 3.63) is 66.7 Å². The zero-order valence-electron chi connectivity index (χ0n) is 18.1. The van der Waals surface area contributed by atoms with Gasteiger partial charge in [-0.05, 0) is 44.4 Å². The molecule has 0 radical (unpaired) electrons. The molecule has 0 fully saturated rings. The van der Waals surface area contributed by atoms with Crippen LogP contribution in [0.4, 0.5) is 0 Å². The molecule has 4 aromatic rings. The molecule has 0 saturated carbocycles. The number of rotatable bonds is 8. The molecule has 9 nitrogen and oxygen atoms in total. The third-order valence-electron chi connectivity index (χ3n) is 4.83. The quantitative estimate of drug-likeness (QED) is 0.457. The molecule has 0 aliphatic carbocycles. The molecule has 0 spiro atoms. The van der Waals surface area contributed by atoms with Crippen LogP contribution in [0.2, 0.25) is 0 Å². The molecule has 0 saturated heterocycles. The Hall–Kier alpha value is -3.98. The number of para-hydroxylation sites is 1. The Morgan fingerprint density at radius 2 is 2.03 bits per heavy atom. The highest BCUT2D eigenvalue weighted by Gasteiger charge is 2.23. The number of nitrogens with one attached hydrogen (secondary N) is 1. The molecule has 1 N–H and O–H groups in total. The van der Waals surface area contributed by atoms with E-state index < -0.39 is 0 Å². The molecular weight excluding hydrogens is 408 g/mol. The normalized spacial score (nSPS) is 11.0. The van der Waals surface area contributed by atoms with Gasteiger partial charge >= 0.3 is 0 Å². The lowest BCUT2D eigenvalue weighted by molar-refractivity contribution is 0.0951. The minimum Gasteiger partial charge on any atom is -0.496 e. The van der Waals surface area contributed by atoms with E-state index in [1.807, 2.05) is 43.3 Å². The van der Waals surface area contributed by atoms with Gasteiger partial charge < -0.3 is 19.4 Å². The molecule has 4 rings (SSSR count). The van der Waals surface area contributed by atoms with Crippen LogP contribution >= 0.6 is 0 Å². The van der Waals surface area contributed by atoms with Gasteiger partial charge in [-0.3, -0.25) is 4.79 Å². The van der Waals surface area contributed by atoms with Crippen molar-refractivity contribution < 1.29 is 13.9 Å². The minimum atomic E-state index is -0.245. The van der Waals surface area contributed by atoms with E-state index in [0.29, 0.717) is 41.0 Å². The lowest BCUT2D eigenvalue weighted by Crippen LogP contribution is -2.31. The highest BCUT2D eigenvalue weighted by atomic mass is 16.5. The van der Waals surface area contributed by atoms with Crippen LogP contribution < -0.4 is 10.1 Å². The van der Waals surface area contributed by atoms with E-state index in [2.05, 4.69) is 20.4 Å². The van der Waals surface area contributed by atoms with Crippen molar-refractivity contribution in [3.8, 4) is 34.4 Å². The highest BCUT2D eigenvalue weighted by molar-refractivity contribution is 5.99. The second-order valence-corrected chi connectivity index (χ2v) is 7.30. The molecule has 3 heterocycles. The monoisotopic (exact) mass is 432 g/mol. The number of hydrogen-bond donors (Lipinski definition) is 1. The summed E-state index contributed by atoms with van der Waals surface area (Å²) in [6.45, 7) is 1.23. The van der Waals surface area contributed by atoms with Crippen LogP contribution in [0.25, 0.3) is 28.7 Å². The minimum absolute atomic E-state index is 0.245. The zero-order valence-corrected chi connectivity index (χ0v) is 18.1. The first-order valence-electron chi connectivity index (χ1n) is 10.1. The predicted molar refractivity (Wildman–Crippen MR) is 120 cm³/mol. The van der Waals surface area contributed by atoms with E-state index in [9.17, 15) is 4.79 Å². The van der Waals surface area contributed by atoms with Crippen molar-refractivity contribution in [3.63, 3.8) is 0 Å². The Morgan fingerprint density at radius 1 is 1.19 bits per heavy atom. The van der Waals surface area contributed by atoms with Crippen LogP contribution in [0.15, 0.2) is 65.5 Å². The summed E-state index contributed by atoms with van der Waals surface area (Å²) >= 11 is 0. The van der Waals surface area contributed by atoms with Crippen LogP contribution in [0, 0.1) is 0 Å². The van der Waals surface area contributed by atoms with Crippen molar-refractivity contribution in [2.75, 3.05) is 34.3 Å². The number of amides is 1. The lowest BCUT2D eigenvalue weighted by atomic mass is 10.1. The first-order chi connectivity index (χ1) is 15.6. The highest BCUT2D eigenvalue weighted by Crippen LogP contribution is 2.30. The van der Waals surface area contributed by atoms with Crippen molar-refractivity contribution >= 4 is 5.91 Å². The van der Waals surface area contributed by atoms with E-state index in [-0.39, 0.29) is 5.91 Å². The SMILES string of the molecule is COc1ccccc1-c1ccnc(-n2ncc(C(=O)NCCN(C)C)c2-c2ccco2)n1. The Labute approximate surface area is 185 Å². The Morgan fingerprint density at radius 3 is 2.78 bits per heavy atom. The van der Waals surface area contributed by atoms with Gasteiger partial charge in [-0.1, -0.05) is 12.1 Å². The summed E-state index contributed by atoms with van der Waals surface area (Å²) < 4.78 is 12.6. The fraction of sp³-hybridized carbons (Fsp3) is 0.217. The largest absolute Gasteiger partial charge is 0.496 e. The van der Waals surface area contributed by atoms with Gasteiger partial charge in [0.2, 0.25) is 0 Å². The summed E-state index contributed by atoms with van der Waals surface area (Å²) in [5.41, 5.74) is 2.36. The maximum atomic E-state index is 12.9. The van der Waals surface area contributed by atoms with Gasteiger partial charge in [0, 0.05) is 24.8 Å². The first kappa shape index (κ1) is 21.3. The van der Waals surface area contributed by atoms with Gasteiger partial charge in [-0.2, -0.15) is 9.78 Å². The topological polar surface area (TPSA) is 98.3 Å². The van der Waals surface area contributed by atoms with Gasteiger partial charge in [-0.15, -0.1) is 0 Å². The third-order valence-corrected chi connectivity index (χ3v) is 4.83. The molecule has 1 aromatic carbocycles. The molecule has 0 atom stereocenters. The van der Waals surface area contributed by atoms with Crippen molar-refractivity contribution in [1.82, 2.24) is 30.0 Å². The number of carbonyl (C=O) groups excluding carboxylic acids is 1. The summed E-state index contributed by atoms with van der Waals surface area (Å²) in [5.74, 6) is 1.26. The molecule has 0 aliphatic rings. The predicted octanol–water partition coefficient (Wildman–Crippen LogP) is 2.89. The van der Waals surface area contributed by atoms with Crippen LogP contribution in [0.1, 0.15) is 10.4 Å². The van der Waals surface area contributed by atoms with E-state index in [0.717, 1.165) is 12.1 Å². The molecular formula is C23H24N6O3. The van der Waals surface area contributed by atoms with Gasteiger partial charge in [0.05, 0.1) is 30.8 Å². The standard InChI is InChI=1S/C23H24N6O3/c1-28(2)13-12-24-22(30)17-15-26-29(21(17)20-9-6-14-32-20)23-25-11-10-18(27-23)16-7-4-5-8-19(16)31-3/h4-11,14-15H,12-13H2,1-3H3,(H,24,30). The van der Waals surface area contributed by atoms with Crippen molar-refractivity contribution in [2.45, 2.75) is 0 Å². The summed E-state index contributed by atoms with van der Waals surface area (Å²) in [4.78, 5) is 23.9. The fourth-order valence-electron chi connectivity index (χ4n) is 3.26. The van der Waals surface area contributed by atoms with Crippen molar-refractivity contribution in [2.24, 2.45) is 0 Å². The molecule has 0 unspecified atom stereocenters. The smallest absolute Gasteiger partial charge is 0.255 e. The van der Waals surface area contributed by atoms with Gasteiger partial charge in [0.1, 0.15) is 11.4 Å². The number of furan rings is 1. The van der Waals surface area contributed by atoms with E-state index in [4.69, 9.17) is 9.15 Å². The zero-order chi connectivity index (χ0) is 22.5. The molecule has 32 heavy (non-hydrogen) atoms. The number of benzene rings is 1. The summed E-state index contributed by atoms with van der Waals surface area (Å²) in [6, 6.07) is 12.9. The summed E-state index contributed by atoms with van der Waals surface area (Å²) in [5, 5.41) is 7.33. The summed E-state index contributed by atoms with van der Waals surface area (Å²) in [6.07, 6.45) is 4.70. The number of nitrogens with zero attached hydrogens (tertiary/aromatic N) is 5. The van der Waals surface area contributed by atoms with E-state index >= 15 is 0 Å². The van der Waals surface area contributed by atoms with E-state index in [1.54, 1.807) is 37.8 Å². The third kappa shape index (κ3) is 4.37. The maximum absolute atomic E-state index is 12.9. The summed E-state index contributed by atoms with van der Waals surface area (Å²) in [7, 11) is 5.51. The first-order valence-corrected chi connectivity index (χ1v) is 10.1. The van der Waals surface area contributed by atoms with Gasteiger partial charge in [0.25, 0.3) is 11.9 Å². The van der Waals surface area contributed by atoms with Crippen molar-refractivity contribution in [1.29, 1.82) is 0 Å². The number of aromatic nitrogens is 4. The maximum Gasteiger partial charge on any atom is 0.255 e. The van der Waals surface area contributed by atoms with Crippen LogP contribution in [0.5, 0.6) is 5.75 Å². The fourth-order valence-corrected chi connectivity index (χ4v) is 3.26. The van der Waals surface area contributed by atoms with E-state index in [1.165, 1.54) is 10.9 Å². The molecule has 3 aromatic heterocycles. The average Bonchev–Trinajstić information content (AvgIpc) is 3.48. The molecule has 1 amide bonds. The van der Waals surface area contributed by atoms with Crippen LogP contribution in [0.3, 0.4) is 0 Å². The number of carbonyl (C=O) groups is 1. The average molecular weight is 432 g/mol. The second-order valence-electron chi connectivity index (χ2n) is 7.30. The van der Waals surface area contributed by atoms with Gasteiger partial charge in [0.15, 0.2) is 5.76 Å².